The molecule has 1 aliphatic heterocycles. The van der Waals surface area contributed by atoms with E-state index in [0.29, 0.717) is 17.9 Å². The van der Waals surface area contributed by atoms with Gasteiger partial charge in [-0.25, -0.2) is 0 Å². The topological polar surface area (TPSA) is 68.2 Å². The van der Waals surface area contributed by atoms with Gasteiger partial charge >= 0.3 is 6.01 Å². The summed E-state index contributed by atoms with van der Waals surface area (Å²) in [4.78, 5) is 2.11. The first-order chi connectivity index (χ1) is 9.16. The van der Waals surface area contributed by atoms with E-state index in [4.69, 9.17) is 10.2 Å². The summed E-state index contributed by atoms with van der Waals surface area (Å²) in [6, 6.07) is 8.98. The van der Waals surface area contributed by atoms with Crippen molar-refractivity contribution in [2.24, 2.45) is 5.73 Å². The van der Waals surface area contributed by atoms with Gasteiger partial charge in [0.05, 0.1) is 6.04 Å². The van der Waals surface area contributed by atoms with Crippen molar-refractivity contribution in [2.45, 2.75) is 38.8 Å². The third kappa shape index (κ3) is 2.10. The number of aryl methyl sites for hydroxylation is 1. The maximum atomic E-state index is 5.77. The molecule has 19 heavy (non-hydrogen) atoms. The summed E-state index contributed by atoms with van der Waals surface area (Å²) in [5.41, 5.74) is 8.25. The fourth-order valence-electron chi connectivity index (χ4n) is 2.49. The standard InChI is InChI=1S/C14H18N4O/c1-9-7-8-11-5-3-4-6-12(11)18(9)14-17-16-13(19-14)10(2)15/h3-6,9-10H,7-8,15H2,1-2H3. The first-order valence-corrected chi connectivity index (χ1v) is 6.63. The Morgan fingerprint density at radius 2 is 2.16 bits per heavy atom. The third-order valence-corrected chi connectivity index (χ3v) is 3.55. The van der Waals surface area contributed by atoms with Crippen LogP contribution in [-0.4, -0.2) is 16.2 Å². The van der Waals surface area contributed by atoms with E-state index in [1.165, 1.54) is 5.56 Å². The summed E-state index contributed by atoms with van der Waals surface area (Å²) in [7, 11) is 0. The van der Waals surface area contributed by atoms with Gasteiger partial charge in [0, 0.05) is 11.7 Å². The highest BCUT2D eigenvalue weighted by Crippen LogP contribution is 2.36. The molecule has 1 aliphatic rings. The van der Waals surface area contributed by atoms with Crippen LogP contribution in [-0.2, 0) is 6.42 Å². The van der Waals surface area contributed by atoms with Crippen LogP contribution < -0.4 is 10.6 Å². The minimum absolute atomic E-state index is 0.239. The van der Waals surface area contributed by atoms with Gasteiger partial charge in [-0.15, -0.1) is 5.10 Å². The van der Waals surface area contributed by atoms with E-state index in [1.54, 1.807) is 0 Å². The average molecular weight is 258 g/mol. The number of hydrogen-bond acceptors (Lipinski definition) is 5. The molecule has 2 unspecified atom stereocenters. The van der Waals surface area contributed by atoms with Crippen LogP contribution in [0.3, 0.4) is 0 Å². The molecule has 5 heteroatoms. The fourth-order valence-corrected chi connectivity index (χ4v) is 2.49. The second-order valence-electron chi connectivity index (χ2n) is 5.10. The molecule has 5 nitrogen and oxygen atoms in total. The van der Waals surface area contributed by atoms with E-state index in [0.717, 1.165) is 18.5 Å². The molecule has 100 valence electrons. The lowest BCUT2D eigenvalue weighted by molar-refractivity contribution is 0.450. The number of para-hydroxylation sites is 1. The molecule has 0 amide bonds. The Bertz CT molecular complexity index is 578. The predicted octanol–water partition coefficient (Wildman–Crippen LogP) is 2.56. The number of anilines is 2. The van der Waals surface area contributed by atoms with Crippen LogP contribution in [0, 0.1) is 0 Å². The van der Waals surface area contributed by atoms with Crippen molar-refractivity contribution in [1.82, 2.24) is 10.2 Å². The average Bonchev–Trinajstić information content (AvgIpc) is 2.88. The lowest BCUT2D eigenvalue weighted by atomic mass is 9.97. The highest BCUT2D eigenvalue weighted by molar-refractivity contribution is 5.63. The number of aromatic nitrogens is 2. The zero-order chi connectivity index (χ0) is 13.4. The molecule has 0 bridgehead atoms. The maximum absolute atomic E-state index is 5.77. The molecule has 3 rings (SSSR count). The third-order valence-electron chi connectivity index (χ3n) is 3.55. The van der Waals surface area contributed by atoms with Crippen LogP contribution >= 0.6 is 0 Å². The van der Waals surface area contributed by atoms with Crippen molar-refractivity contribution in [1.29, 1.82) is 0 Å². The van der Waals surface area contributed by atoms with Crippen molar-refractivity contribution in [3.05, 3.63) is 35.7 Å². The minimum Gasteiger partial charge on any atom is -0.406 e. The Balaban J connectivity index is 2.03. The van der Waals surface area contributed by atoms with Gasteiger partial charge in [-0.1, -0.05) is 23.3 Å². The fraction of sp³-hybridized carbons (Fsp3) is 0.429. The van der Waals surface area contributed by atoms with Crippen molar-refractivity contribution in [2.75, 3.05) is 4.90 Å². The highest BCUT2D eigenvalue weighted by atomic mass is 16.4. The van der Waals surface area contributed by atoms with E-state index in [9.17, 15) is 0 Å². The van der Waals surface area contributed by atoms with Crippen molar-refractivity contribution < 1.29 is 4.42 Å². The lowest BCUT2D eigenvalue weighted by Gasteiger charge is -2.33. The smallest absolute Gasteiger partial charge is 0.323 e. The molecule has 2 heterocycles. The van der Waals surface area contributed by atoms with Crippen molar-refractivity contribution in [3.63, 3.8) is 0 Å². The van der Waals surface area contributed by atoms with Crippen LogP contribution in [0.25, 0.3) is 0 Å². The molecule has 2 aromatic rings. The summed E-state index contributed by atoms with van der Waals surface area (Å²) in [6.07, 6.45) is 2.16. The van der Waals surface area contributed by atoms with Gasteiger partial charge in [0.1, 0.15) is 0 Å². The van der Waals surface area contributed by atoms with Crippen LogP contribution in [0.2, 0.25) is 0 Å². The number of nitrogens with two attached hydrogens (primary N) is 1. The summed E-state index contributed by atoms with van der Waals surface area (Å²) in [6.45, 7) is 4.01. The Morgan fingerprint density at radius 3 is 2.89 bits per heavy atom. The second kappa shape index (κ2) is 4.66. The Kier molecular flexibility index (Phi) is 2.98. The zero-order valence-electron chi connectivity index (χ0n) is 11.2. The van der Waals surface area contributed by atoms with Crippen LogP contribution in [0.1, 0.15) is 37.8 Å². The minimum atomic E-state index is -0.239. The van der Waals surface area contributed by atoms with Crippen molar-refractivity contribution >= 4 is 11.7 Å². The van der Waals surface area contributed by atoms with Gasteiger partial charge in [-0.3, -0.25) is 4.90 Å². The van der Waals surface area contributed by atoms with Gasteiger partial charge in [0.2, 0.25) is 5.89 Å². The largest absolute Gasteiger partial charge is 0.406 e. The van der Waals surface area contributed by atoms with E-state index in [2.05, 4.69) is 40.2 Å². The summed E-state index contributed by atoms with van der Waals surface area (Å²) in [5, 5.41) is 8.15. The molecule has 1 aromatic carbocycles. The SMILES string of the molecule is CC(N)c1nnc(N2c3ccccc3CCC2C)o1. The van der Waals surface area contributed by atoms with E-state index < -0.39 is 0 Å². The van der Waals surface area contributed by atoms with Crippen LogP contribution in [0.4, 0.5) is 11.7 Å². The lowest BCUT2D eigenvalue weighted by Crippen LogP contribution is -2.33. The van der Waals surface area contributed by atoms with Gasteiger partial charge in [-0.05, 0) is 38.3 Å². The highest BCUT2D eigenvalue weighted by Gasteiger charge is 2.28. The van der Waals surface area contributed by atoms with E-state index in [1.807, 2.05) is 13.0 Å². The number of nitrogens with zero attached hydrogens (tertiary/aromatic N) is 3. The normalized spacial score (nSPS) is 20.2. The first-order valence-electron chi connectivity index (χ1n) is 6.63. The summed E-state index contributed by atoms with van der Waals surface area (Å²) >= 11 is 0. The molecule has 0 saturated heterocycles. The summed E-state index contributed by atoms with van der Waals surface area (Å²) < 4.78 is 5.69. The molecule has 0 radical (unpaired) electrons. The quantitative estimate of drug-likeness (QED) is 0.896. The van der Waals surface area contributed by atoms with Crippen molar-refractivity contribution in [3.8, 4) is 0 Å². The van der Waals surface area contributed by atoms with Crippen LogP contribution in [0.5, 0.6) is 0 Å². The molecule has 0 fully saturated rings. The van der Waals surface area contributed by atoms with E-state index >= 15 is 0 Å². The monoisotopic (exact) mass is 258 g/mol. The second-order valence-corrected chi connectivity index (χ2v) is 5.10. The predicted molar refractivity (Wildman–Crippen MR) is 73.3 cm³/mol. The molecule has 0 spiro atoms. The molecular formula is C14H18N4O. The van der Waals surface area contributed by atoms with Gasteiger partial charge in [0.25, 0.3) is 0 Å². The number of fused-ring (bicyclic) bond motifs is 1. The van der Waals surface area contributed by atoms with E-state index in [-0.39, 0.29) is 6.04 Å². The maximum Gasteiger partial charge on any atom is 0.323 e. The molecule has 1 aromatic heterocycles. The molecule has 2 N–H and O–H groups in total. The molecule has 0 aliphatic carbocycles. The summed E-state index contributed by atoms with van der Waals surface area (Å²) in [5.74, 6) is 0.477. The van der Waals surface area contributed by atoms with Gasteiger partial charge in [0.15, 0.2) is 0 Å². The van der Waals surface area contributed by atoms with Crippen LogP contribution in [0.15, 0.2) is 28.7 Å². The molecule has 0 saturated carbocycles. The Hall–Kier alpha value is -1.88. The molecule has 2 atom stereocenters. The number of hydrogen-bond donors (Lipinski definition) is 1. The first kappa shape index (κ1) is 12.2. The Labute approximate surface area is 112 Å². The van der Waals surface area contributed by atoms with Gasteiger partial charge in [-0.2, -0.15) is 0 Å². The Morgan fingerprint density at radius 1 is 1.37 bits per heavy atom. The van der Waals surface area contributed by atoms with Gasteiger partial charge < -0.3 is 10.2 Å². The molecular weight excluding hydrogens is 240 g/mol. The number of rotatable bonds is 2. The zero-order valence-corrected chi connectivity index (χ0v) is 11.2. The number of benzene rings is 1.